The molecule has 2 amide bonds. The van der Waals surface area contributed by atoms with E-state index in [1.54, 1.807) is 31.2 Å². The van der Waals surface area contributed by atoms with Crippen LogP contribution in [0.5, 0.6) is 0 Å². The topological polar surface area (TPSA) is 105 Å². The normalized spacial score (nSPS) is 13.7. The molecule has 37 heavy (non-hydrogen) atoms. The lowest BCUT2D eigenvalue weighted by Crippen LogP contribution is -2.35. The number of nitrogens with zero attached hydrogens (tertiary/aromatic N) is 2. The smallest absolute Gasteiger partial charge is 0.273 e. The quantitative estimate of drug-likeness (QED) is 0.320. The fraction of sp³-hybridized carbons (Fsp3) is 0.310. The van der Waals surface area contributed by atoms with Gasteiger partial charge in [-0.25, -0.2) is 0 Å². The van der Waals surface area contributed by atoms with Gasteiger partial charge in [-0.1, -0.05) is 43.3 Å². The van der Waals surface area contributed by atoms with Crippen LogP contribution in [-0.2, 0) is 6.42 Å². The van der Waals surface area contributed by atoms with Gasteiger partial charge in [0, 0.05) is 48.2 Å². The Hall–Kier alpha value is -4.20. The van der Waals surface area contributed by atoms with E-state index in [4.69, 9.17) is 0 Å². The number of nitro benzene ring substituents is 1. The molecule has 0 aliphatic carbocycles. The number of benzene rings is 3. The third-order valence-corrected chi connectivity index (χ3v) is 6.83. The number of amides is 2. The van der Waals surface area contributed by atoms with Gasteiger partial charge in [0.2, 0.25) is 0 Å². The van der Waals surface area contributed by atoms with Crippen molar-refractivity contribution in [2.24, 2.45) is 5.92 Å². The average molecular weight is 501 g/mol. The molecule has 1 fully saturated rings. The summed E-state index contributed by atoms with van der Waals surface area (Å²) in [5, 5.41) is 17.1. The number of carbonyl (C=O) groups is 2. The van der Waals surface area contributed by atoms with E-state index in [9.17, 15) is 19.7 Å². The summed E-state index contributed by atoms with van der Waals surface area (Å²) in [6.45, 7) is 6.09. The van der Waals surface area contributed by atoms with Crippen molar-refractivity contribution in [3.63, 3.8) is 0 Å². The number of aryl methyl sites for hydroxylation is 1. The third-order valence-electron chi connectivity index (χ3n) is 6.83. The first-order valence-electron chi connectivity index (χ1n) is 12.6. The molecule has 1 aliphatic rings. The van der Waals surface area contributed by atoms with Crippen molar-refractivity contribution in [2.45, 2.75) is 33.1 Å². The van der Waals surface area contributed by atoms with Gasteiger partial charge in [-0.05, 0) is 61.9 Å². The second kappa shape index (κ2) is 11.7. The van der Waals surface area contributed by atoms with E-state index >= 15 is 0 Å². The van der Waals surface area contributed by atoms with Gasteiger partial charge in [0.25, 0.3) is 17.5 Å². The number of hydrogen-bond acceptors (Lipinski definition) is 5. The number of anilines is 2. The summed E-state index contributed by atoms with van der Waals surface area (Å²) in [5.41, 5.74) is 3.48. The van der Waals surface area contributed by atoms with Crippen LogP contribution in [0, 0.1) is 23.0 Å². The summed E-state index contributed by atoms with van der Waals surface area (Å²) in [6, 6.07) is 19.7. The molecule has 2 N–H and O–H groups in total. The van der Waals surface area contributed by atoms with Gasteiger partial charge in [-0.3, -0.25) is 19.7 Å². The number of nitrogens with one attached hydrogen (secondary N) is 2. The minimum atomic E-state index is -0.502. The first-order chi connectivity index (χ1) is 17.8. The number of rotatable bonds is 8. The van der Waals surface area contributed by atoms with Crippen molar-refractivity contribution < 1.29 is 14.5 Å². The second-order valence-electron chi connectivity index (χ2n) is 9.61. The SMILES string of the molecule is Cc1ccc(C(=O)Nc2ccc(N3CCC(C)CC3)c(C(=O)NCCc3ccccc3)c2)cc1[N+](=O)[O-]. The Bertz CT molecular complexity index is 1280. The van der Waals surface area contributed by atoms with Gasteiger partial charge >= 0.3 is 0 Å². The van der Waals surface area contributed by atoms with Crippen LogP contribution in [0.25, 0.3) is 0 Å². The summed E-state index contributed by atoms with van der Waals surface area (Å²) >= 11 is 0. The predicted octanol–water partition coefficient (Wildman–Crippen LogP) is 5.36. The molecule has 192 valence electrons. The Kier molecular flexibility index (Phi) is 8.18. The highest BCUT2D eigenvalue weighted by molar-refractivity contribution is 6.06. The molecule has 0 radical (unpaired) electrons. The molecule has 0 bridgehead atoms. The number of hydrogen-bond donors (Lipinski definition) is 2. The zero-order valence-corrected chi connectivity index (χ0v) is 21.2. The predicted molar refractivity (Wildman–Crippen MR) is 145 cm³/mol. The summed E-state index contributed by atoms with van der Waals surface area (Å²) < 4.78 is 0. The molecule has 1 saturated heterocycles. The molecule has 0 aromatic heterocycles. The van der Waals surface area contributed by atoms with E-state index in [-0.39, 0.29) is 17.2 Å². The van der Waals surface area contributed by atoms with Crippen molar-refractivity contribution in [1.82, 2.24) is 5.32 Å². The maximum atomic E-state index is 13.3. The Morgan fingerprint density at radius 3 is 2.43 bits per heavy atom. The van der Waals surface area contributed by atoms with Crippen LogP contribution < -0.4 is 15.5 Å². The molecule has 1 aliphatic heterocycles. The third kappa shape index (κ3) is 6.52. The lowest BCUT2D eigenvalue weighted by Gasteiger charge is -2.33. The molecule has 3 aromatic rings. The van der Waals surface area contributed by atoms with Gasteiger partial charge in [0.1, 0.15) is 0 Å². The molecular formula is C29H32N4O4. The molecule has 1 heterocycles. The van der Waals surface area contributed by atoms with Crippen molar-refractivity contribution in [2.75, 3.05) is 29.9 Å². The van der Waals surface area contributed by atoms with Gasteiger partial charge in [-0.2, -0.15) is 0 Å². The first kappa shape index (κ1) is 25.9. The van der Waals surface area contributed by atoms with Gasteiger partial charge in [0.15, 0.2) is 0 Å². The van der Waals surface area contributed by atoms with E-state index in [0.29, 0.717) is 35.7 Å². The Morgan fingerprint density at radius 2 is 1.73 bits per heavy atom. The van der Waals surface area contributed by atoms with Gasteiger partial charge in [0.05, 0.1) is 10.5 Å². The van der Waals surface area contributed by atoms with E-state index in [1.807, 2.05) is 36.4 Å². The summed E-state index contributed by atoms with van der Waals surface area (Å²) in [7, 11) is 0. The molecule has 8 nitrogen and oxygen atoms in total. The Balaban J connectivity index is 1.54. The van der Waals surface area contributed by atoms with Gasteiger partial charge in [-0.15, -0.1) is 0 Å². The monoisotopic (exact) mass is 500 g/mol. The van der Waals surface area contributed by atoms with Crippen LogP contribution in [0.15, 0.2) is 66.7 Å². The Labute approximate surface area is 216 Å². The fourth-order valence-electron chi connectivity index (χ4n) is 4.53. The average Bonchev–Trinajstić information content (AvgIpc) is 2.90. The molecule has 0 saturated carbocycles. The van der Waals surface area contributed by atoms with Crippen LogP contribution in [0.1, 0.15) is 51.6 Å². The Morgan fingerprint density at radius 1 is 1.00 bits per heavy atom. The number of piperidine rings is 1. The number of nitro groups is 1. The lowest BCUT2D eigenvalue weighted by atomic mass is 9.97. The van der Waals surface area contributed by atoms with Crippen LogP contribution >= 0.6 is 0 Å². The van der Waals surface area contributed by atoms with E-state index < -0.39 is 10.8 Å². The van der Waals surface area contributed by atoms with E-state index in [0.717, 1.165) is 37.2 Å². The van der Waals surface area contributed by atoms with E-state index in [2.05, 4.69) is 22.5 Å². The molecule has 0 unspecified atom stereocenters. The van der Waals surface area contributed by atoms with Crippen molar-refractivity contribution in [3.8, 4) is 0 Å². The van der Waals surface area contributed by atoms with Crippen LogP contribution in [0.4, 0.5) is 17.1 Å². The maximum Gasteiger partial charge on any atom is 0.273 e. The van der Waals surface area contributed by atoms with Crippen LogP contribution in [-0.4, -0.2) is 36.4 Å². The first-order valence-corrected chi connectivity index (χ1v) is 12.6. The van der Waals surface area contributed by atoms with Crippen molar-refractivity contribution in [1.29, 1.82) is 0 Å². The highest BCUT2D eigenvalue weighted by Gasteiger charge is 2.22. The molecule has 0 spiro atoms. The zero-order valence-electron chi connectivity index (χ0n) is 21.2. The summed E-state index contributed by atoms with van der Waals surface area (Å²) in [6.07, 6.45) is 2.82. The molecular weight excluding hydrogens is 468 g/mol. The van der Waals surface area contributed by atoms with E-state index in [1.165, 1.54) is 6.07 Å². The highest BCUT2D eigenvalue weighted by Crippen LogP contribution is 2.29. The highest BCUT2D eigenvalue weighted by atomic mass is 16.6. The minimum Gasteiger partial charge on any atom is -0.371 e. The zero-order chi connectivity index (χ0) is 26.4. The maximum absolute atomic E-state index is 13.3. The number of carbonyl (C=O) groups excluding carboxylic acids is 2. The molecule has 0 atom stereocenters. The summed E-state index contributed by atoms with van der Waals surface area (Å²) in [4.78, 5) is 39.2. The van der Waals surface area contributed by atoms with Crippen LogP contribution in [0.2, 0.25) is 0 Å². The summed E-state index contributed by atoms with van der Waals surface area (Å²) in [5.74, 6) is -0.0266. The van der Waals surface area contributed by atoms with Crippen molar-refractivity contribution >= 4 is 28.9 Å². The standard InChI is InChI=1S/C29H32N4O4/c1-20-13-16-32(17-14-20)26-11-10-24(31-28(34)23-9-8-21(2)27(18-23)33(36)37)19-25(26)29(35)30-15-12-22-6-4-3-5-7-22/h3-11,18-20H,12-17H2,1-2H3,(H,30,35)(H,31,34). The molecule has 4 rings (SSSR count). The van der Waals surface area contributed by atoms with Gasteiger partial charge < -0.3 is 15.5 Å². The van der Waals surface area contributed by atoms with Crippen molar-refractivity contribution in [3.05, 3.63) is 99.1 Å². The second-order valence-corrected chi connectivity index (χ2v) is 9.61. The lowest BCUT2D eigenvalue weighted by molar-refractivity contribution is -0.385. The molecule has 8 heteroatoms. The minimum absolute atomic E-state index is 0.110. The largest absolute Gasteiger partial charge is 0.371 e. The molecule has 3 aromatic carbocycles. The fourth-order valence-corrected chi connectivity index (χ4v) is 4.53. The van der Waals surface area contributed by atoms with Crippen LogP contribution in [0.3, 0.4) is 0 Å².